The molecule has 2 amide bonds. The van der Waals surface area contributed by atoms with Gasteiger partial charge in [0.05, 0.1) is 16.4 Å². The maximum atomic E-state index is 13.4. The zero-order chi connectivity index (χ0) is 19.8. The molecule has 1 spiro atoms. The van der Waals surface area contributed by atoms with E-state index in [2.05, 4.69) is 15.4 Å². The Morgan fingerprint density at radius 2 is 1.86 bits per heavy atom. The lowest BCUT2D eigenvalue weighted by atomic mass is 9.72. The number of rotatable bonds is 1. The summed E-state index contributed by atoms with van der Waals surface area (Å²) >= 11 is 1.49. The van der Waals surface area contributed by atoms with E-state index in [1.807, 2.05) is 48.5 Å². The fourth-order valence-corrected chi connectivity index (χ4v) is 5.39. The van der Waals surface area contributed by atoms with Crippen LogP contribution in [0.25, 0.3) is 15.3 Å². The number of thiazole rings is 1. The van der Waals surface area contributed by atoms with Crippen LogP contribution >= 0.6 is 11.3 Å². The summed E-state index contributed by atoms with van der Waals surface area (Å²) in [5.41, 5.74) is 2.19. The van der Waals surface area contributed by atoms with E-state index < -0.39 is 5.41 Å². The van der Waals surface area contributed by atoms with Crippen molar-refractivity contribution in [3.8, 4) is 5.13 Å². The monoisotopic (exact) mass is 401 g/mol. The van der Waals surface area contributed by atoms with Gasteiger partial charge in [0.2, 0.25) is 16.9 Å². The number of carbonyl (C=O) groups excluding carboxylic acids is 2. The largest absolute Gasteiger partial charge is 0.314 e. The second-order valence-corrected chi connectivity index (χ2v) is 8.30. The van der Waals surface area contributed by atoms with Crippen LogP contribution in [0.4, 0.5) is 11.5 Å². The Bertz CT molecular complexity index is 1310. The van der Waals surface area contributed by atoms with Crippen LogP contribution in [0, 0.1) is 0 Å². The van der Waals surface area contributed by atoms with E-state index in [1.165, 1.54) is 11.3 Å². The second kappa shape index (κ2) is 5.51. The number of nitrogens with zero attached hydrogens (tertiary/aromatic N) is 4. The van der Waals surface area contributed by atoms with E-state index in [9.17, 15) is 9.59 Å². The molecule has 1 atom stereocenters. The van der Waals surface area contributed by atoms with Crippen molar-refractivity contribution in [1.29, 1.82) is 0 Å². The number of hydrogen-bond acceptors (Lipinski definition) is 5. The van der Waals surface area contributed by atoms with E-state index in [-0.39, 0.29) is 18.2 Å². The number of anilines is 2. The number of carbonyl (C=O) groups is 2. The van der Waals surface area contributed by atoms with E-state index in [0.29, 0.717) is 16.5 Å². The lowest BCUT2D eigenvalue weighted by Crippen LogP contribution is -2.45. The average Bonchev–Trinajstić information content (AvgIpc) is 3.40. The standard InChI is InChI=1S/C21H15N5O2S/c1-25-15-8-4-2-6-12(15)21(19(25)28)10-17(27)24-18-13(21)11-22-26(18)20-23-14-7-3-5-9-16(14)29-20/h2-9,11H,10H2,1H3,(H,24,27). The molecule has 29 heavy (non-hydrogen) atoms. The van der Waals surface area contributed by atoms with Crippen molar-refractivity contribution in [2.45, 2.75) is 11.8 Å². The van der Waals surface area contributed by atoms with Gasteiger partial charge in [-0.3, -0.25) is 9.59 Å². The van der Waals surface area contributed by atoms with Crippen LogP contribution in [-0.4, -0.2) is 33.6 Å². The highest BCUT2D eigenvalue weighted by Crippen LogP contribution is 2.52. The first-order valence-corrected chi connectivity index (χ1v) is 10.0. The van der Waals surface area contributed by atoms with Crippen LogP contribution in [-0.2, 0) is 15.0 Å². The molecule has 8 heteroatoms. The van der Waals surface area contributed by atoms with Crippen molar-refractivity contribution in [1.82, 2.24) is 14.8 Å². The molecule has 1 unspecified atom stereocenters. The average molecular weight is 401 g/mol. The minimum Gasteiger partial charge on any atom is -0.314 e. The number of nitrogens with one attached hydrogen (secondary N) is 1. The van der Waals surface area contributed by atoms with Crippen molar-refractivity contribution in [2.24, 2.45) is 0 Å². The van der Waals surface area contributed by atoms with Crippen LogP contribution in [0.3, 0.4) is 0 Å². The summed E-state index contributed by atoms with van der Waals surface area (Å²) in [5.74, 6) is 0.191. The van der Waals surface area contributed by atoms with Crippen molar-refractivity contribution in [3.63, 3.8) is 0 Å². The van der Waals surface area contributed by atoms with Gasteiger partial charge in [0, 0.05) is 24.7 Å². The molecule has 142 valence electrons. The fourth-order valence-electron chi connectivity index (χ4n) is 4.46. The van der Waals surface area contributed by atoms with Crippen molar-refractivity contribution >= 4 is 44.9 Å². The Hall–Kier alpha value is -3.52. The molecule has 6 rings (SSSR count). The molecule has 2 aliphatic heterocycles. The van der Waals surface area contributed by atoms with Gasteiger partial charge in [0.15, 0.2) is 0 Å². The summed E-state index contributed by atoms with van der Waals surface area (Å²) in [4.78, 5) is 32.5. The van der Waals surface area contributed by atoms with Crippen LogP contribution < -0.4 is 10.2 Å². The van der Waals surface area contributed by atoms with Gasteiger partial charge in [-0.15, -0.1) is 0 Å². The number of amides is 2. The van der Waals surface area contributed by atoms with Crippen molar-refractivity contribution in [3.05, 3.63) is 65.9 Å². The Morgan fingerprint density at radius 1 is 1.07 bits per heavy atom. The fraction of sp³-hybridized carbons (Fsp3) is 0.143. The molecule has 2 aromatic carbocycles. The van der Waals surface area contributed by atoms with Gasteiger partial charge in [-0.1, -0.05) is 41.7 Å². The predicted octanol–water partition coefficient (Wildman–Crippen LogP) is 3.09. The van der Waals surface area contributed by atoms with E-state index in [0.717, 1.165) is 21.5 Å². The number of fused-ring (bicyclic) bond motifs is 5. The summed E-state index contributed by atoms with van der Waals surface area (Å²) < 4.78 is 2.66. The molecule has 0 fully saturated rings. The molecule has 7 nitrogen and oxygen atoms in total. The smallest absolute Gasteiger partial charge is 0.242 e. The van der Waals surface area contributed by atoms with Gasteiger partial charge in [0.25, 0.3) is 0 Å². The molecule has 0 saturated carbocycles. The molecular weight excluding hydrogens is 386 g/mol. The normalized spacial score (nSPS) is 20.2. The molecular formula is C21H15N5O2S. The molecule has 0 bridgehead atoms. The van der Waals surface area contributed by atoms with Crippen LogP contribution in [0.2, 0.25) is 0 Å². The zero-order valence-electron chi connectivity index (χ0n) is 15.4. The maximum absolute atomic E-state index is 13.4. The number of para-hydroxylation sites is 2. The quantitative estimate of drug-likeness (QED) is 0.532. The van der Waals surface area contributed by atoms with Crippen molar-refractivity contribution in [2.75, 3.05) is 17.3 Å². The first-order valence-electron chi connectivity index (χ1n) is 9.21. The summed E-state index contributed by atoms with van der Waals surface area (Å²) in [7, 11) is 1.75. The summed E-state index contributed by atoms with van der Waals surface area (Å²) in [6, 6.07) is 15.5. The molecule has 2 aliphatic rings. The molecule has 1 N–H and O–H groups in total. The van der Waals surface area contributed by atoms with Crippen molar-refractivity contribution < 1.29 is 9.59 Å². The summed E-state index contributed by atoms with van der Waals surface area (Å²) in [6.07, 6.45) is 1.75. The third-order valence-electron chi connectivity index (χ3n) is 5.77. The summed E-state index contributed by atoms with van der Waals surface area (Å²) in [5, 5.41) is 8.10. The van der Waals surface area contributed by atoms with Gasteiger partial charge in [-0.05, 0) is 23.8 Å². The molecule has 2 aromatic heterocycles. The predicted molar refractivity (Wildman–Crippen MR) is 111 cm³/mol. The Morgan fingerprint density at radius 3 is 2.72 bits per heavy atom. The molecule has 0 radical (unpaired) electrons. The molecule has 4 heterocycles. The van der Waals surface area contributed by atoms with Gasteiger partial charge in [-0.2, -0.15) is 9.78 Å². The van der Waals surface area contributed by atoms with Gasteiger partial charge in [0.1, 0.15) is 11.2 Å². The van der Waals surface area contributed by atoms with E-state index in [4.69, 9.17) is 0 Å². The minimum atomic E-state index is -1.06. The topological polar surface area (TPSA) is 80.1 Å². The molecule has 4 aromatic rings. The number of likely N-dealkylation sites (N-methyl/N-ethyl adjacent to an activating group) is 1. The highest BCUT2D eigenvalue weighted by Gasteiger charge is 2.56. The highest BCUT2D eigenvalue weighted by molar-refractivity contribution is 7.20. The molecule has 0 saturated heterocycles. The third kappa shape index (κ3) is 2.01. The van der Waals surface area contributed by atoms with Gasteiger partial charge >= 0.3 is 0 Å². The minimum absolute atomic E-state index is 0.0612. The second-order valence-electron chi connectivity index (χ2n) is 7.29. The van der Waals surface area contributed by atoms with Gasteiger partial charge < -0.3 is 10.2 Å². The Labute approximate surface area is 169 Å². The SMILES string of the molecule is CN1C(=O)C2(CC(=O)Nc3c2cnn3-c2nc3ccccc3s2)c2ccccc21. The number of hydrogen-bond donors (Lipinski definition) is 1. The zero-order valence-corrected chi connectivity index (χ0v) is 16.2. The summed E-state index contributed by atoms with van der Waals surface area (Å²) in [6.45, 7) is 0. The number of benzene rings is 2. The van der Waals surface area contributed by atoms with Crippen LogP contribution in [0.5, 0.6) is 0 Å². The van der Waals surface area contributed by atoms with E-state index in [1.54, 1.807) is 22.8 Å². The highest BCUT2D eigenvalue weighted by atomic mass is 32.1. The maximum Gasteiger partial charge on any atom is 0.242 e. The van der Waals surface area contributed by atoms with Gasteiger partial charge in [-0.25, -0.2) is 4.98 Å². The van der Waals surface area contributed by atoms with Crippen LogP contribution in [0.15, 0.2) is 54.7 Å². The third-order valence-corrected chi connectivity index (χ3v) is 6.78. The Kier molecular flexibility index (Phi) is 3.12. The lowest BCUT2D eigenvalue weighted by Gasteiger charge is -2.31. The first kappa shape index (κ1) is 16.4. The Balaban J connectivity index is 1.61. The molecule has 0 aliphatic carbocycles. The van der Waals surface area contributed by atoms with E-state index >= 15 is 0 Å². The first-order chi connectivity index (χ1) is 14.1. The number of aromatic nitrogens is 3. The van der Waals surface area contributed by atoms with Crippen LogP contribution in [0.1, 0.15) is 17.5 Å². The lowest BCUT2D eigenvalue weighted by molar-refractivity contribution is -0.126.